The van der Waals surface area contributed by atoms with Crippen molar-refractivity contribution in [3.8, 4) is 0 Å². The molecule has 1 aromatic carbocycles. The molecule has 0 bridgehead atoms. The summed E-state index contributed by atoms with van der Waals surface area (Å²) in [6.45, 7) is 14.5. The Kier molecular flexibility index (Phi) is 29.2. The van der Waals surface area contributed by atoms with Crippen molar-refractivity contribution in [3.63, 3.8) is 0 Å². The molecule has 9 nitrogen and oxygen atoms in total. The Bertz CT molecular complexity index is 769. The van der Waals surface area contributed by atoms with Crippen molar-refractivity contribution in [3.05, 3.63) is 48.0 Å². The highest BCUT2D eigenvalue weighted by atomic mass is 19.4. The van der Waals surface area contributed by atoms with Gasteiger partial charge in [-0.3, -0.25) is 9.59 Å². The van der Waals surface area contributed by atoms with Crippen molar-refractivity contribution >= 4 is 18.0 Å². The van der Waals surface area contributed by atoms with Crippen LogP contribution < -0.4 is 22.5 Å². The van der Waals surface area contributed by atoms with E-state index in [2.05, 4.69) is 36.2 Å². The van der Waals surface area contributed by atoms with E-state index in [9.17, 15) is 27.6 Å². The van der Waals surface area contributed by atoms with Gasteiger partial charge in [-0.05, 0) is 46.7 Å². The first kappa shape index (κ1) is 43.0. The quantitative estimate of drug-likeness (QED) is 0.255. The molecule has 0 heterocycles. The maximum atomic E-state index is 11.3. The third kappa shape index (κ3) is 39.5. The third-order valence-corrected chi connectivity index (χ3v) is 3.38. The molecule has 0 atom stereocenters. The largest absolute Gasteiger partial charge is 0.460 e. The van der Waals surface area contributed by atoms with Crippen LogP contribution in [-0.2, 0) is 25.7 Å². The Morgan fingerprint density at radius 2 is 1.46 bits per heavy atom. The van der Waals surface area contributed by atoms with E-state index in [1.54, 1.807) is 0 Å². The third-order valence-electron chi connectivity index (χ3n) is 3.38. The number of esters is 1. The molecule has 0 aromatic heterocycles. The van der Waals surface area contributed by atoms with E-state index in [1.807, 2.05) is 51.1 Å². The van der Waals surface area contributed by atoms with Crippen molar-refractivity contribution in [1.29, 1.82) is 0 Å². The maximum Gasteiger partial charge on any atom is 0.411 e. The van der Waals surface area contributed by atoms with Crippen LogP contribution in [0, 0.1) is 0 Å². The average Bonchev–Trinajstić information content (AvgIpc) is 2.83. The van der Waals surface area contributed by atoms with Gasteiger partial charge in [0.25, 0.3) is 0 Å². The fourth-order valence-corrected chi connectivity index (χ4v) is 1.81. The number of benzene rings is 1. The Balaban J connectivity index is -0.000000230. The number of primary amides is 1. The van der Waals surface area contributed by atoms with Crippen molar-refractivity contribution in [1.82, 2.24) is 5.32 Å². The number of carbonyl (C=O) groups excluding carboxylic acids is 3. The molecule has 0 radical (unpaired) electrons. The van der Waals surface area contributed by atoms with Gasteiger partial charge in [-0.1, -0.05) is 57.2 Å². The SMILES string of the molecule is C=C(C)C(F)(F)F.CC(C)(C)OC(=O)CCCC(=O)NCCN.CCC.CN.NC(=O)OCc1ccccc1. The van der Waals surface area contributed by atoms with E-state index in [-0.39, 0.29) is 24.9 Å². The van der Waals surface area contributed by atoms with Crippen LogP contribution in [0.4, 0.5) is 18.0 Å². The van der Waals surface area contributed by atoms with Gasteiger partial charge in [0.2, 0.25) is 5.91 Å². The van der Waals surface area contributed by atoms with Gasteiger partial charge in [-0.15, -0.1) is 0 Å². The highest BCUT2D eigenvalue weighted by Gasteiger charge is 2.27. The predicted molar refractivity (Wildman–Crippen MR) is 150 cm³/mol. The van der Waals surface area contributed by atoms with Crippen LogP contribution >= 0.6 is 0 Å². The lowest BCUT2D eigenvalue weighted by Gasteiger charge is -2.19. The lowest BCUT2D eigenvalue weighted by molar-refractivity contribution is -0.154. The van der Waals surface area contributed by atoms with E-state index in [0.29, 0.717) is 25.9 Å². The molecule has 228 valence electrons. The summed E-state index contributed by atoms with van der Waals surface area (Å²) >= 11 is 0. The Hall–Kier alpha value is -3.12. The van der Waals surface area contributed by atoms with Crippen LogP contribution in [0.15, 0.2) is 42.5 Å². The summed E-state index contributed by atoms with van der Waals surface area (Å²) in [5, 5.41) is 2.64. The molecular weight excluding hydrogens is 517 g/mol. The summed E-state index contributed by atoms with van der Waals surface area (Å²) in [4.78, 5) is 32.6. The molecular formula is C27H49F3N4O5. The summed E-state index contributed by atoms with van der Waals surface area (Å²) in [6, 6.07) is 9.37. The predicted octanol–water partition coefficient (Wildman–Crippen LogP) is 4.97. The molecule has 1 rings (SSSR count). The molecule has 0 saturated carbocycles. The van der Waals surface area contributed by atoms with E-state index in [1.165, 1.54) is 13.5 Å². The minimum atomic E-state index is -4.19. The highest BCUT2D eigenvalue weighted by Crippen LogP contribution is 2.22. The summed E-state index contributed by atoms with van der Waals surface area (Å²) in [5.74, 6) is -0.340. The van der Waals surface area contributed by atoms with Crippen LogP contribution in [0.1, 0.15) is 72.8 Å². The van der Waals surface area contributed by atoms with E-state index >= 15 is 0 Å². The fraction of sp³-hybridized carbons (Fsp3) is 0.593. The average molecular weight is 567 g/mol. The Labute approximate surface area is 231 Å². The van der Waals surface area contributed by atoms with E-state index in [4.69, 9.17) is 16.2 Å². The van der Waals surface area contributed by atoms with Crippen LogP contribution in [-0.4, -0.2) is 49.9 Å². The van der Waals surface area contributed by atoms with Crippen LogP contribution in [0.5, 0.6) is 0 Å². The van der Waals surface area contributed by atoms with Crippen molar-refractivity contribution in [2.75, 3.05) is 20.1 Å². The second kappa shape index (κ2) is 26.5. The topological polar surface area (TPSA) is 160 Å². The van der Waals surface area contributed by atoms with Gasteiger partial charge in [0.1, 0.15) is 12.2 Å². The maximum absolute atomic E-state index is 11.3. The summed E-state index contributed by atoms with van der Waals surface area (Å²) in [5.41, 5.74) is 14.2. The number of hydrogen-bond donors (Lipinski definition) is 4. The van der Waals surface area contributed by atoms with Crippen molar-refractivity contribution < 1.29 is 37.0 Å². The van der Waals surface area contributed by atoms with Gasteiger partial charge < -0.3 is 32.0 Å². The lowest BCUT2D eigenvalue weighted by Crippen LogP contribution is -2.29. The molecule has 0 fully saturated rings. The first-order valence-corrected chi connectivity index (χ1v) is 12.4. The molecule has 0 aliphatic rings. The molecule has 7 N–H and O–H groups in total. The van der Waals surface area contributed by atoms with Gasteiger partial charge in [0.15, 0.2) is 0 Å². The number of allylic oxidation sites excluding steroid dienone is 1. The van der Waals surface area contributed by atoms with Gasteiger partial charge in [0.05, 0.1) is 0 Å². The molecule has 0 spiro atoms. The van der Waals surface area contributed by atoms with E-state index < -0.39 is 23.4 Å². The van der Waals surface area contributed by atoms with Crippen LogP contribution in [0.2, 0.25) is 0 Å². The minimum Gasteiger partial charge on any atom is -0.460 e. The summed E-state index contributed by atoms with van der Waals surface area (Å²) in [7, 11) is 1.50. The number of carbonyl (C=O) groups is 3. The molecule has 0 saturated heterocycles. The fourth-order valence-electron chi connectivity index (χ4n) is 1.81. The van der Waals surface area contributed by atoms with Gasteiger partial charge in [-0.25, -0.2) is 4.79 Å². The first-order valence-electron chi connectivity index (χ1n) is 12.4. The van der Waals surface area contributed by atoms with Gasteiger partial charge in [0, 0.05) is 31.5 Å². The highest BCUT2D eigenvalue weighted by molar-refractivity contribution is 5.77. The zero-order valence-electron chi connectivity index (χ0n) is 24.5. The molecule has 1 aromatic rings. The molecule has 12 heteroatoms. The molecule has 2 amide bonds. The first-order chi connectivity index (χ1) is 18.0. The summed E-state index contributed by atoms with van der Waals surface area (Å²) in [6.07, 6.45) is -2.58. The summed E-state index contributed by atoms with van der Waals surface area (Å²) < 4.78 is 42.9. The van der Waals surface area contributed by atoms with Crippen LogP contribution in [0.3, 0.4) is 0 Å². The number of amides is 2. The molecule has 39 heavy (non-hydrogen) atoms. The molecule has 0 aliphatic heterocycles. The Morgan fingerprint density at radius 3 is 1.82 bits per heavy atom. The van der Waals surface area contributed by atoms with Crippen molar-refractivity contribution in [2.45, 2.75) is 85.6 Å². The monoisotopic (exact) mass is 566 g/mol. The van der Waals surface area contributed by atoms with E-state index in [0.717, 1.165) is 12.5 Å². The number of halogens is 3. The number of hydrogen-bond acceptors (Lipinski definition) is 7. The van der Waals surface area contributed by atoms with Crippen molar-refractivity contribution in [2.24, 2.45) is 17.2 Å². The standard InChI is InChI=1S/C11H22N2O3.C8H9NO2.C4H5F3.C3H8.CH5N/c1-11(2,3)16-10(15)6-4-5-9(14)13-8-7-12;9-8(10)11-6-7-4-2-1-3-5-7;1-3(2)4(5,6)7;1-3-2;1-2/h4-8,12H2,1-3H3,(H,13,14);1-5H,6H2,(H2,9,10);1H2,2H3;3H2,1-2H3;2H2,1H3. The number of nitrogens with one attached hydrogen (secondary N) is 1. The second-order valence-electron chi connectivity index (χ2n) is 8.66. The molecule has 0 aliphatic carbocycles. The zero-order valence-corrected chi connectivity index (χ0v) is 24.5. The van der Waals surface area contributed by atoms with Crippen LogP contribution in [0.25, 0.3) is 0 Å². The van der Waals surface area contributed by atoms with Gasteiger partial charge >= 0.3 is 18.2 Å². The smallest absolute Gasteiger partial charge is 0.411 e. The number of alkyl halides is 3. The Morgan fingerprint density at radius 1 is 1.00 bits per heavy atom. The minimum absolute atomic E-state index is 0.0750. The number of ether oxygens (including phenoxy) is 2. The molecule has 0 unspecified atom stereocenters. The second-order valence-corrected chi connectivity index (χ2v) is 8.66. The zero-order chi connectivity index (χ0) is 31.5. The number of rotatable bonds is 8. The normalized spacial score (nSPS) is 9.74. The lowest BCUT2D eigenvalue weighted by atomic mass is 10.2. The van der Waals surface area contributed by atoms with Gasteiger partial charge in [-0.2, -0.15) is 13.2 Å². The number of nitrogens with two attached hydrogens (primary N) is 3.